The third-order valence-electron chi connectivity index (χ3n) is 3.41. The minimum absolute atomic E-state index is 0.426. The molecule has 0 amide bonds. The van der Waals surface area contributed by atoms with E-state index in [4.69, 9.17) is 0 Å². The van der Waals surface area contributed by atoms with E-state index in [1.165, 1.54) is 16.7 Å². The van der Waals surface area contributed by atoms with E-state index in [2.05, 4.69) is 66.5 Å². The van der Waals surface area contributed by atoms with Crippen LogP contribution < -0.4 is 5.32 Å². The van der Waals surface area contributed by atoms with E-state index >= 15 is 0 Å². The van der Waals surface area contributed by atoms with Gasteiger partial charge in [-0.2, -0.15) is 0 Å². The first-order chi connectivity index (χ1) is 9.29. The second-order valence-corrected chi connectivity index (χ2v) is 4.85. The Labute approximate surface area is 116 Å². The largest absolute Gasteiger partial charge is 0.316 e. The summed E-state index contributed by atoms with van der Waals surface area (Å²) in [5, 5.41) is 3.39. The quantitative estimate of drug-likeness (QED) is 0.820. The number of benzene rings is 2. The minimum atomic E-state index is 0.426. The van der Waals surface area contributed by atoms with Gasteiger partial charge in [0.2, 0.25) is 0 Å². The molecule has 0 heterocycles. The van der Waals surface area contributed by atoms with Crippen molar-refractivity contribution in [1.82, 2.24) is 5.32 Å². The molecule has 0 radical (unpaired) electrons. The molecule has 2 aromatic carbocycles. The molecule has 1 nitrogen and oxygen atoms in total. The number of likely N-dealkylation sites (N-methyl/N-ethyl adjacent to an activating group) is 1. The van der Waals surface area contributed by atoms with Gasteiger partial charge in [-0.1, -0.05) is 67.2 Å². The van der Waals surface area contributed by atoms with E-state index in [0.29, 0.717) is 6.04 Å². The summed E-state index contributed by atoms with van der Waals surface area (Å²) in [4.78, 5) is 0. The molecule has 0 aromatic heterocycles. The molecule has 0 saturated heterocycles. The van der Waals surface area contributed by atoms with Crippen molar-refractivity contribution in [2.75, 3.05) is 7.05 Å². The predicted octanol–water partition coefficient (Wildman–Crippen LogP) is 3.92. The zero-order valence-electron chi connectivity index (χ0n) is 11.5. The molecule has 98 valence electrons. The molecule has 2 aromatic rings. The third-order valence-corrected chi connectivity index (χ3v) is 3.41. The first-order valence-corrected chi connectivity index (χ1v) is 6.74. The molecule has 1 atom stereocenters. The lowest BCUT2D eigenvalue weighted by Gasteiger charge is -2.18. The Kier molecular flexibility index (Phi) is 4.93. The maximum Gasteiger partial charge on any atom is 0.0145 e. The zero-order chi connectivity index (χ0) is 13.5. The Morgan fingerprint density at radius 3 is 2.16 bits per heavy atom. The standard InChI is InChI=1S/C18H21N/c1-15(17-11-7-4-8-12-17)13-18(19-2)14-16-9-5-3-6-10-16/h3-12,18-19H,1,13-14H2,2H3. The van der Waals surface area contributed by atoms with Gasteiger partial charge < -0.3 is 5.32 Å². The van der Waals surface area contributed by atoms with Gasteiger partial charge in [0, 0.05) is 6.04 Å². The predicted molar refractivity (Wildman–Crippen MR) is 83.1 cm³/mol. The maximum atomic E-state index is 4.21. The SMILES string of the molecule is C=C(CC(Cc1ccccc1)NC)c1ccccc1. The van der Waals surface area contributed by atoms with Crippen molar-refractivity contribution in [1.29, 1.82) is 0 Å². The fraction of sp³-hybridized carbons (Fsp3) is 0.222. The Balaban J connectivity index is 1.98. The maximum absolute atomic E-state index is 4.21. The minimum Gasteiger partial charge on any atom is -0.316 e. The Morgan fingerprint density at radius 1 is 1.00 bits per heavy atom. The van der Waals surface area contributed by atoms with Crippen LogP contribution in [0.25, 0.3) is 5.57 Å². The van der Waals surface area contributed by atoms with Crippen LogP contribution in [0, 0.1) is 0 Å². The molecule has 0 aliphatic rings. The highest BCUT2D eigenvalue weighted by Gasteiger charge is 2.09. The summed E-state index contributed by atoms with van der Waals surface area (Å²) >= 11 is 0. The van der Waals surface area contributed by atoms with Crippen LogP contribution in [0.4, 0.5) is 0 Å². The number of hydrogen-bond acceptors (Lipinski definition) is 1. The van der Waals surface area contributed by atoms with E-state index in [9.17, 15) is 0 Å². The second kappa shape index (κ2) is 6.91. The van der Waals surface area contributed by atoms with E-state index in [0.717, 1.165) is 12.8 Å². The van der Waals surface area contributed by atoms with Gasteiger partial charge in [-0.05, 0) is 36.6 Å². The Morgan fingerprint density at radius 2 is 1.58 bits per heavy atom. The molecule has 0 fully saturated rings. The van der Waals surface area contributed by atoms with E-state index in [1.54, 1.807) is 0 Å². The molecule has 1 heteroatoms. The van der Waals surface area contributed by atoms with Gasteiger partial charge in [0.05, 0.1) is 0 Å². The van der Waals surface area contributed by atoms with Crippen molar-refractivity contribution in [2.24, 2.45) is 0 Å². The summed E-state index contributed by atoms with van der Waals surface area (Å²) in [7, 11) is 2.02. The number of nitrogens with one attached hydrogen (secondary N) is 1. The lowest BCUT2D eigenvalue weighted by molar-refractivity contribution is 0.572. The smallest absolute Gasteiger partial charge is 0.0145 e. The van der Waals surface area contributed by atoms with Crippen LogP contribution >= 0.6 is 0 Å². The van der Waals surface area contributed by atoms with Crippen LogP contribution in [0.5, 0.6) is 0 Å². The highest BCUT2D eigenvalue weighted by atomic mass is 14.9. The molecule has 0 aliphatic heterocycles. The first kappa shape index (κ1) is 13.6. The van der Waals surface area contributed by atoms with Crippen LogP contribution in [-0.4, -0.2) is 13.1 Å². The molecule has 0 saturated carbocycles. The van der Waals surface area contributed by atoms with Gasteiger partial charge in [0.15, 0.2) is 0 Å². The average Bonchev–Trinajstić information content (AvgIpc) is 2.48. The van der Waals surface area contributed by atoms with Gasteiger partial charge in [0.25, 0.3) is 0 Å². The van der Waals surface area contributed by atoms with Crippen LogP contribution in [0.2, 0.25) is 0 Å². The third kappa shape index (κ3) is 4.08. The summed E-state index contributed by atoms with van der Waals surface area (Å²) < 4.78 is 0. The van der Waals surface area contributed by atoms with Crippen molar-refractivity contribution >= 4 is 5.57 Å². The van der Waals surface area contributed by atoms with Gasteiger partial charge in [-0.15, -0.1) is 0 Å². The molecule has 1 unspecified atom stereocenters. The first-order valence-electron chi connectivity index (χ1n) is 6.74. The van der Waals surface area contributed by atoms with Crippen LogP contribution in [0.15, 0.2) is 67.2 Å². The van der Waals surface area contributed by atoms with E-state index in [1.807, 2.05) is 13.1 Å². The van der Waals surface area contributed by atoms with Gasteiger partial charge >= 0.3 is 0 Å². The highest BCUT2D eigenvalue weighted by Crippen LogP contribution is 2.19. The molecule has 0 aliphatic carbocycles. The Bertz CT molecular complexity index is 502. The topological polar surface area (TPSA) is 12.0 Å². The average molecular weight is 251 g/mol. The van der Waals surface area contributed by atoms with Crippen LogP contribution in [-0.2, 0) is 6.42 Å². The fourth-order valence-corrected chi connectivity index (χ4v) is 2.26. The molecular weight excluding hydrogens is 230 g/mol. The van der Waals surface area contributed by atoms with Gasteiger partial charge in [0.1, 0.15) is 0 Å². The second-order valence-electron chi connectivity index (χ2n) is 4.85. The summed E-state index contributed by atoms with van der Waals surface area (Å²) in [6, 6.07) is 21.4. The molecule has 1 N–H and O–H groups in total. The lowest BCUT2D eigenvalue weighted by atomic mass is 9.96. The van der Waals surface area contributed by atoms with E-state index < -0.39 is 0 Å². The number of hydrogen-bond donors (Lipinski definition) is 1. The van der Waals surface area contributed by atoms with Crippen LogP contribution in [0.1, 0.15) is 17.5 Å². The van der Waals surface area contributed by atoms with E-state index in [-0.39, 0.29) is 0 Å². The summed E-state index contributed by atoms with van der Waals surface area (Å²) in [5.74, 6) is 0. The zero-order valence-corrected chi connectivity index (χ0v) is 11.5. The van der Waals surface area contributed by atoms with Crippen molar-refractivity contribution in [3.8, 4) is 0 Å². The molecule has 0 spiro atoms. The molecule has 19 heavy (non-hydrogen) atoms. The van der Waals surface area contributed by atoms with Gasteiger partial charge in [-0.25, -0.2) is 0 Å². The normalized spacial score (nSPS) is 12.1. The monoisotopic (exact) mass is 251 g/mol. The molecule has 2 rings (SSSR count). The lowest BCUT2D eigenvalue weighted by Crippen LogP contribution is -2.27. The molecular formula is C18H21N. The van der Waals surface area contributed by atoms with Gasteiger partial charge in [-0.3, -0.25) is 0 Å². The van der Waals surface area contributed by atoms with Crippen molar-refractivity contribution < 1.29 is 0 Å². The highest BCUT2D eigenvalue weighted by molar-refractivity contribution is 5.63. The Hall–Kier alpha value is -1.86. The van der Waals surface area contributed by atoms with Crippen molar-refractivity contribution in [3.05, 3.63) is 78.4 Å². The van der Waals surface area contributed by atoms with Crippen molar-refractivity contribution in [3.63, 3.8) is 0 Å². The summed E-state index contributed by atoms with van der Waals surface area (Å²) in [5.41, 5.74) is 3.79. The number of rotatable bonds is 6. The fourth-order valence-electron chi connectivity index (χ4n) is 2.26. The van der Waals surface area contributed by atoms with Crippen molar-refractivity contribution in [2.45, 2.75) is 18.9 Å². The molecule has 0 bridgehead atoms. The summed E-state index contributed by atoms with van der Waals surface area (Å²) in [6.45, 7) is 4.21. The summed E-state index contributed by atoms with van der Waals surface area (Å²) in [6.07, 6.45) is 2.00. The van der Waals surface area contributed by atoms with Crippen LogP contribution in [0.3, 0.4) is 0 Å².